The first-order valence-electron chi connectivity index (χ1n) is 8.54. The molecule has 0 spiro atoms. The number of likely N-dealkylation sites (N-methyl/N-ethyl adjacent to an activating group) is 2. The summed E-state index contributed by atoms with van der Waals surface area (Å²) in [6.45, 7) is 4.15. The number of hydrogen-bond donors (Lipinski definition) is 3. The van der Waals surface area contributed by atoms with Gasteiger partial charge in [0, 0.05) is 38.0 Å². The molecule has 1 rings (SSSR count). The third-order valence-electron chi connectivity index (χ3n) is 4.11. The van der Waals surface area contributed by atoms with Gasteiger partial charge in [-0.15, -0.1) is 0 Å². The van der Waals surface area contributed by atoms with E-state index in [1.54, 1.807) is 25.9 Å². The summed E-state index contributed by atoms with van der Waals surface area (Å²) in [4.78, 5) is 24.5. The fourth-order valence-corrected chi connectivity index (χ4v) is 2.77. The highest BCUT2D eigenvalue weighted by molar-refractivity contribution is 6.00. The zero-order valence-electron chi connectivity index (χ0n) is 15.6. The molecule has 26 heavy (non-hydrogen) atoms. The highest BCUT2D eigenvalue weighted by Crippen LogP contribution is 2.32. The second kappa shape index (κ2) is 9.61. The van der Waals surface area contributed by atoms with E-state index in [-0.39, 0.29) is 36.6 Å². The summed E-state index contributed by atoms with van der Waals surface area (Å²) in [5.74, 6) is -0.890. The Kier molecular flexibility index (Phi) is 8.13. The number of nitrogens with zero attached hydrogens (tertiary/aromatic N) is 1. The lowest BCUT2D eigenvalue weighted by Gasteiger charge is -2.27. The molecule has 2 amide bonds. The summed E-state index contributed by atoms with van der Waals surface area (Å²) in [5.41, 5.74) is -0.340. The average Bonchev–Trinajstić information content (AvgIpc) is 2.54. The summed E-state index contributed by atoms with van der Waals surface area (Å²) in [5, 5.41) is 7.87. The highest BCUT2D eigenvalue weighted by Gasteiger charge is 2.36. The zero-order valence-corrected chi connectivity index (χ0v) is 15.6. The van der Waals surface area contributed by atoms with E-state index >= 15 is 0 Å². The fraction of sp³-hybridized carbons (Fsp3) is 0.647. The van der Waals surface area contributed by atoms with E-state index in [2.05, 4.69) is 16.0 Å². The Morgan fingerprint density at radius 3 is 2.54 bits per heavy atom. The number of nitrogens with one attached hydrogen (secondary N) is 3. The predicted molar refractivity (Wildman–Crippen MR) is 93.0 cm³/mol. The smallest absolute Gasteiger partial charge is 0.377 e. The number of carbonyl (C=O) groups is 2. The van der Waals surface area contributed by atoms with Crippen LogP contribution in [0.2, 0.25) is 0 Å². The molecular formula is C17H27F3N4O2. The number of alkyl halides is 3. The van der Waals surface area contributed by atoms with Crippen LogP contribution in [0.15, 0.2) is 23.0 Å². The Bertz CT molecular complexity index is 585. The predicted octanol–water partition coefficient (Wildman–Crippen LogP) is 1.66. The Morgan fingerprint density at radius 2 is 2.04 bits per heavy atom. The normalized spacial score (nSPS) is 19.8. The van der Waals surface area contributed by atoms with E-state index in [1.165, 1.54) is 6.92 Å². The van der Waals surface area contributed by atoms with Gasteiger partial charge in [-0.05, 0) is 32.9 Å². The maximum absolute atomic E-state index is 13.6. The average molecular weight is 376 g/mol. The molecule has 0 aromatic carbocycles. The van der Waals surface area contributed by atoms with Gasteiger partial charge in [-0.25, -0.2) is 0 Å². The maximum Gasteiger partial charge on any atom is 0.418 e. The minimum atomic E-state index is -4.52. The molecular weight excluding hydrogens is 349 g/mol. The number of carbonyl (C=O) groups excluding carboxylic acids is 2. The summed E-state index contributed by atoms with van der Waals surface area (Å²) in [7, 11) is 3.36. The van der Waals surface area contributed by atoms with Crippen molar-refractivity contribution in [2.45, 2.75) is 45.3 Å². The number of rotatable bonds is 8. The lowest BCUT2D eigenvalue weighted by molar-refractivity contribution is -0.134. The van der Waals surface area contributed by atoms with Gasteiger partial charge in [0.2, 0.25) is 11.8 Å². The van der Waals surface area contributed by atoms with Crippen LogP contribution in [0.25, 0.3) is 0 Å². The van der Waals surface area contributed by atoms with Gasteiger partial charge >= 0.3 is 6.18 Å². The Balaban J connectivity index is 3.07. The molecule has 1 heterocycles. The Morgan fingerprint density at radius 1 is 1.38 bits per heavy atom. The fourth-order valence-electron chi connectivity index (χ4n) is 2.77. The molecule has 3 N–H and O–H groups in total. The second-order valence-electron chi connectivity index (χ2n) is 6.21. The minimum absolute atomic E-state index is 0.158. The van der Waals surface area contributed by atoms with Crippen LogP contribution in [0.5, 0.6) is 0 Å². The number of piperidine rings is 1. The molecule has 0 aliphatic carbocycles. The van der Waals surface area contributed by atoms with E-state index < -0.39 is 23.7 Å². The van der Waals surface area contributed by atoms with Crippen LogP contribution in [0, 0.1) is 0 Å². The van der Waals surface area contributed by atoms with Crippen molar-refractivity contribution in [3.63, 3.8) is 0 Å². The van der Waals surface area contributed by atoms with Crippen molar-refractivity contribution >= 4 is 11.8 Å². The van der Waals surface area contributed by atoms with Crippen LogP contribution < -0.4 is 16.0 Å². The first-order valence-corrected chi connectivity index (χ1v) is 8.54. The number of hydrogen-bond acceptors (Lipinski definition) is 5. The molecule has 0 aromatic heterocycles. The third kappa shape index (κ3) is 6.36. The molecule has 1 unspecified atom stereocenters. The van der Waals surface area contributed by atoms with Gasteiger partial charge in [-0.3, -0.25) is 14.9 Å². The molecule has 0 bridgehead atoms. The van der Waals surface area contributed by atoms with Crippen LogP contribution in [-0.4, -0.2) is 56.1 Å². The summed E-state index contributed by atoms with van der Waals surface area (Å²) >= 11 is 0. The molecule has 1 aliphatic rings. The Hall–Kier alpha value is -2.03. The van der Waals surface area contributed by atoms with Gasteiger partial charge < -0.3 is 15.5 Å². The third-order valence-corrected chi connectivity index (χ3v) is 4.11. The van der Waals surface area contributed by atoms with E-state index in [1.807, 2.05) is 0 Å². The van der Waals surface area contributed by atoms with Crippen molar-refractivity contribution in [2.75, 3.05) is 27.2 Å². The standard InChI is InChI=1S/C17H27F3N4O2/c1-5-14(24(4)9-8-21-3)12(17(18,19)20)10-11(2)22-13-6-7-15(25)23-16(13)26/h10,13,21-22H,5-9H2,1-4H3,(H,23,25,26)/b11-10+,14-12-. The van der Waals surface area contributed by atoms with E-state index in [0.717, 1.165) is 6.08 Å². The van der Waals surface area contributed by atoms with E-state index in [0.29, 0.717) is 13.1 Å². The van der Waals surface area contributed by atoms with Gasteiger partial charge in [0.05, 0.1) is 5.57 Å². The van der Waals surface area contributed by atoms with Crippen molar-refractivity contribution in [1.82, 2.24) is 20.9 Å². The van der Waals surface area contributed by atoms with Gasteiger partial charge in [0.1, 0.15) is 6.04 Å². The molecule has 148 valence electrons. The number of halogens is 3. The van der Waals surface area contributed by atoms with Gasteiger partial charge in [-0.1, -0.05) is 6.92 Å². The topological polar surface area (TPSA) is 73.5 Å². The number of amides is 2. The first kappa shape index (κ1) is 22.0. The first-order chi connectivity index (χ1) is 12.1. The van der Waals surface area contributed by atoms with Gasteiger partial charge in [0.25, 0.3) is 0 Å². The molecule has 1 aliphatic heterocycles. The van der Waals surface area contributed by atoms with Crippen molar-refractivity contribution in [2.24, 2.45) is 0 Å². The summed E-state index contributed by atoms with van der Waals surface area (Å²) in [6, 6.07) is -0.717. The SMILES string of the molecule is CC/C(=C(\C=C(/C)NC1CCC(=O)NC1=O)C(F)(F)F)N(C)CCNC. The van der Waals surface area contributed by atoms with Crippen LogP contribution in [0.3, 0.4) is 0 Å². The summed E-state index contributed by atoms with van der Waals surface area (Å²) in [6.07, 6.45) is -2.86. The van der Waals surface area contributed by atoms with Gasteiger partial charge in [0.15, 0.2) is 0 Å². The van der Waals surface area contributed by atoms with Crippen molar-refractivity contribution in [1.29, 1.82) is 0 Å². The summed E-state index contributed by atoms with van der Waals surface area (Å²) < 4.78 is 40.8. The lowest BCUT2D eigenvalue weighted by Crippen LogP contribution is -2.50. The van der Waals surface area contributed by atoms with Crippen LogP contribution in [-0.2, 0) is 9.59 Å². The lowest BCUT2D eigenvalue weighted by atomic mass is 10.0. The second-order valence-corrected chi connectivity index (χ2v) is 6.21. The molecule has 0 saturated carbocycles. The largest absolute Gasteiger partial charge is 0.418 e. The van der Waals surface area contributed by atoms with Crippen molar-refractivity contribution < 1.29 is 22.8 Å². The van der Waals surface area contributed by atoms with Crippen molar-refractivity contribution in [3.8, 4) is 0 Å². The van der Waals surface area contributed by atoms with Crippen LogP contribution in [0.1, 0.15) is 33.1 Å². The number of allylic oxidation sites excluding steroid dienone is 4. The molecule has 1 fully saturated rings. The molecule has 6 nitrogen and oxygen atoms in total. The molecule has 0 radical (unpaired) electrons. The zero-order chi connectivity index (χ0) is 19.9. The monoisotopic (exact) mass is 376 g/mol. The molecule has 0 aromatic rings. The Labute approximate surface area is 151 Å². The quantitative estimate of drug-likeness (QED) is 0.444. The minimum Gasteiger partial charge on any atom is -0.377 e. The van der Waals surface area contributed by atoms with E-state index in [4.69, 9.17) is 0 Å². The molecule has 9 heteroatoms. The van der Waals surface area contributed by atoms with Crippen LogP contribution in [0.4, 0.5) is 13.2 Å². The molecule has 1 saturated heterocycles. The highest BCUT2D eigenvalue weighted by atomic mass is 19.4. The van der Waals surface area contributed by atoms with Gasteiger partial charge in [-0.2, -0.15) is 13.2 Å². The van der Waals surface area contributed by atoms with Crippen molar-refractivity contribution in [3.05, 3.63) is 23.0 Å². The van der Waals surface area contributed by atoms with Crippen LogP contribution >= 0.6 is 0 Å². The van der Waals surface area contributed by atoms with E-state index in [9.17, 15) is 22.8 Å². The maximum atomic E-state index is 13.6. The molecule has 1 atom stereocenters. The number of imide groups is 1.